The zero-order chi connectivity index (χ0) is 12.3. The lowest BCUT2D eigenvalue weighted by Gasteiger charge is -2.38. The van der Waals surface area contributed by atoms with Gasteiger partial charge in [0.2, 0.25) is 0 Å². The van der Waals surface area contributed by atoms with Crippen LogP contribution >= 0.6 is 0 Å². The molecule has 0 aliphatic rings. The number of nitrogens with zero attached hydrogens (tertiary/aromatic N) is 1. The second kappa shape index (κ2) is 4.70. The van der Waals surface area contributed by atoms with Gasteiger partial charge in [-0.25, -0.2) is 0 Å². The Morgan fingerprint density at radius 1 is 1.62 bits per heavy atom. The number of aliphatic carboxylic acids is 1. The SMILES string of the molecule is CC(c1ccco1)N(C)C(C)(C)CC(=O)O. The molecule has 1 aromatic rings. The monoisotopic (exact) mass is 225 g/mol. The number of carboxylic acid groups (broad SMARTS) is 1. The number of hydrogen-bond acceptors (Lipinski definition) is 3. The summed E-state index contributed by atoms with van der Waals surface area (Å²) in [5, 5.41) is 8.86. The molecule has 0 amide bonds. The highest BCUT2D eigenvalue weighted by Gasteiger charge is 2.31. The Kier molecular flexibility index (Phi) is 3.75. The Balaban J connectivity index is 2.76. The number of furan rings is 1. The molecular weight excluding hydrogens is 206 g/mol. The van der Waals surface area contributed by atoms with Crippen LogP contribution in [0.4, 0.5) is 0 Å². The molecule has 0 aliphatic carbocycles. The lowest BCUT2D eigenvalue weighted by molar-refractivity contribution is -0.140. The molecule has 0 bridgehead atoms. The Morgan fingerprint density at radius 2 is 2.25 bits per heavy atom. The second-order valence-electron chi connectivity index (χ2n) is 4.69. The molecule has 1 N–H and O–H groups in total. The zero-order valence-corrected chi connectivity index (χ0v) is 10.2. The van der Waals surface area contributed by atoms with Crippen LogP contribution < -0.4 is 0 Å². The summed E-state index contributed by atoms with van der Waals surface area (Å²) in [6, 6.07) is 3.80. The van der Waals surface area contributed by atoms with Crippen LogP contribution in [0.25, 0.3) is 0 Å². The summed E-state index contributed by atoms with van der Waals surface area (Å²) in [5.74, 6) is 0.0597. The van der Waals surface area contributed by atoms with Crippen molar-refractivity contribution in [2.24, 2.45) is 0 Å². The molecular formula is C12H19NO3. The summed E-state index contributed by atoms with van der Waals surface area (Å²) >= 11 is 0. The first-order valence-electron chi connectivity index (χ1n) is 5.33. The highest BCUT2D eigenvalue weighted by molar-refractivity contribution is 5.68. The number of rotatable bonds is 5. The fourth-order valence-electron chi connectivity index (χ4n) is 1.74. The molecule has 90 valence electrons. The third kappa shape index (κ3) is 2.85. The van der Waals surface area contributed by atoms with Gasteiger partial charge < -0.3 is 9.52 Å². The van der Waals surface area contributed by atoms with Gasteiger partial charge in [0.1, 0.15) is 5.76 Å². The molecule has 1 rings (SSSR count). The molecule has 4 nitrogen and oxygen atoms in total. The Morgan fingerprint density at radius 3 is 2.69 bits per heavy atom. The normalized spacial score (nSPS) is 14.1. The summed E-state index contributed by atoms with van der Waals surface area (Å²) in [6.45, 7) is 5.84. The largest absolute Gasteiger partial charge is 0.481 e. The molecule has 1 unspecified atom stereocenters. The standard InChI is InChI=1S/C12H19NO3/c1-9(10-6-5-7-16-10)13(4)12(2,3)8-11(14)15/h5-7,9H,8H2,1-4H3,(H,14,15). The van der Waals surface area contributed by atoms with E-state index in [1.165, 1.54) is 0 Å². The van der Waals surface area contributed by atoms with Crippen molar-refractivity contribution in [2.75, 3.05) is 7.05 Å². The van der Waals surface area contributed by atoms with Crippen molar-refractivity contribution in [2.45, 2.75) is 38.8 Å². The Hall–Kier alpha value is -1.29. The molecule has 1 heterocycles. The van der Waals surface area contributed by atoms with Crippen LogP contribution in [0.1, 0.15) is 39.0 Å². The van der Waals surface area contributed by atoms with Gasteiger partial charge in [0.25, 0.3) is 0 Å². The van der Waals surface area contributed by atoms with Gasteiger partial charge in [0.05, 0.1) is 18.7 Å². The van der Waals surface area contributed by atoms with E-state index in [9.17, 15) is 4.79 Å². The van der Waals surface area contributed by atoms with Crippen molar-refractivity contribution >= 4 is 5.97 Å². The molecule has 0 spiro atoms. The minimum Gasteiger partial charge on any atom is -0.481 e. The van der Waals surface area contributed by atoms with E-state index < -0.39 is 11.5 Å². The second-order valence-corrected chi connectivity index (χ2v) is 4.69. The van der Waals surface area contributed by atoms with Crippen LogP contribution in [0, 0.1) is 0 Å². The van der Waals surface area contributed by atoms with Crippen LogP contribution in [0.2, 0.25) is 0 Å². The third-order valence-electron chi connectivity index (χ3n) is 3.07. The van der Waals surface area contributed by atoms with E-state index in [-0.39, 0.29) is 12.5 Å². The van der Waals surface area contributed by atoms with Crippen molar-refractivity contribution in [1.82, 2.24) is 4.90 Å². The predicted octanol–water partition coefficient (Wildman–Crippen LogP) is 2.53. The van der Waals surface area contributed by atoms with Crippen LogP contribution in [-0.4, -0.2) is 28.6 Å². The van der Waals surface area contributed by atoms with Crippen LogP contribution in [0.5, 0.6) is 0 Å². The van der Waals surface area contributed by atoms with Gasteiger partial charge in [0.15, 0.2) is 0 Å². The van der Waals surface area contributed by atoms with Gasteiger partial charge in [-0.2, -0.15) is 0 Å². The first-order valence-corrected chi connectivity index (χ1v) is 5.33. The quantitative estimate of drug-likeness (QED) is 0.836. The third-order valence-corrected chi connectivity index (χ3v) is 3.07. The minimum atomic E-state index is -0.788. The maximum Gasteiger partial charge on any atom is 0.305 e. The predicted molar refractivity (Wildman–Crippen MR) is 61.2 cm³/mol. The Labute approximate surface area is 95.9 Å². The first kappa shape index (κ1) is 12.8. The number of hydrogen-bond donors (Lipinski definition) is 1. The summed E-state index contributed by atoms with van der Waals surface area (Å²) in [5.41, 5.74) is -0.405. The molecule has 1 aromatic heterocycles. The van der Waals surface area contributed by atoms with E-state index >= 15 is 0 Å². The first-order chi connectivity index (χ1) is 7.34. The molecule has 0 aromatic carbocycles. The van der Waals surface area contributed by atoms with Crippen molar-refractivity contribution in [3.8, 4) is 0 Å². The molecule has 16 heavy (non-hydrogen) atoms. The average Bonchev–Trinajstić information content (AvgIpc) is 2.66. The molecule has 0 saturated heterocycles. The molecule has 1 atom stereocenters. The highest BCUT2D eigenvalue weighted by Crippen LogP contribution is 2.28. The van der Waals surface area contributed by atoms with E-state index in [0.29, 0.717) is 0 Å². The lowest BCUT2D eigenvalue weighted by atomic mass is 9.96. The summed E-state index contributed by atoms with van der Waals surface area (Å²) in [4.78, 5) is 12.8. The van der Waals surface area contributed by atoms with Crippen molar-refractivity contribution in [1.29, 1.82) is 0 Å². The summed E-state index contributed by atoms with van der Waals surface area (Å²) in [7, 11) is 1.91. The molecule has 4 heteroatoms. The Bertz CT molecular complexity index is 343. The maximum absolute atomic E-state index is 10.8. The smallest absolute Gasteiger partial charge is 0.305 e. The van der Waals surface area contributed by atoms with Crippen LogP contribution in [0.3, 0.4) is 0 Å². The van der Waals surface area contributed by atoms with Crippen molar-refractivity contribution in [3.05, 3.63) is 24.2 Å². The maximum atomic E-state index is 10.8. The van der Waals surface area contributed by atoms with E-state index in [1.54, 1.807) is 6.26 Å². The number of carbonyl (C=O) groups is 1. The number of carboxylic acids is 1. The topological polar surface area (TPSA) is 53.7 Å². The fourth-order valence-corrected chi connectivity index (χ4v) is 1.74. The minimum absolute atomic E-state index is 0.0596. The van der Waals surface area contributed by atoms with E-state index in [0.717, 1.165) is 5.76 Å². The summed E-state index contributed by atoms with van der Waals surface area (Å²) < 4.78 is 5.33. The molecule has 0 radical (unpaired) electrons. The molecule has 0 aliphatic heterocycles. The van der Waals surface area contributed by atoms with Crippen molar-refractivity contribution in [3.63, 3.8) is 0 Å². The summed E-state index contributed by atoms with van der Waals surface area (Å²) in [6.07, 6.45) is 1.73. The van der Waals surface area contributed by atoms with Gasteiger partial charge >= 0.3 is 5.97 Å². The van der Waals surface area contributed by atoms with Gasteiger partial charge in [-0.05, 0) is 40.0 Å². The van der Waals surface area contributed by atoms with Gasteiger partial charge in [0, 0.05) is 5.54 Å². The lowest BCUT2D eigenvalue weighted by Crippen LogP contribution is -2.44. The van der Waals surface area contributed by atoms with Gasteiger partial charge in [-0.3, -0.25) is 9.69 Å². The van der Waals surface area contributed by atoms with Gasteiger partial charge in [-0.1, -0.05) is 0 Å². The van der Waals surface area contributed by atoms with Gasteiger partial charge in [-0.15, -0.1) is 0 Å². The fraction of sp³-hybridized carbons (Fsp3) is 0.583. The van der Waals surface area contributed by atoms with E-state index in [4.69, 9.17) is 9.52 Å². The average molecular weight is 225 g/mol. The van der Waals surface area contributed by atoms with E-state index in [1.807, 2.05) is 44.9 Å². The van der Waals surface area contributed by atoms with E-state index in [2.05, 4.69) is 0 Å². The zero-order valence-electron chi connectivity index (χ0n) is 10.2. The molecule has 0 saturated carbocycles. The van der Waals surface area contributed by atoms with Crippen LogP contribution in [-0.2, 0) is 4.79 Å². The van der Waals surface area contributed by atoms with Crippen molar-refractivity contribution < 1.29 is 14.3 Å². The highest BCUT2D eigenvalue weighted by atomic mass is 16.4. The van der Waals surface area contributed by atoms with Crippen LogP contribution in [0.15, 0.2) is 22.8 Å². The molecule has 0 fully saturated rings.